The smallest absolute Gasteiger partial charge is 0.166 e. The molecule has 0 spiro atoms. The molecule has 0 saturated heterocycles. The van der Waals surface area contributed by atoms with Crippen LogP contribution in [0.1, 0.15) is 33.8 Å². The number of carbonyl (C=O) groups excluding carboxylic acids is 1. The molecule has 2 atom stereocenters. The first-order valence-corrected chi connectivity index (χ1v) is 7.04. The van der Waals surface area contributed by atoms with Crippen molar-refractivity contribution in [3.8, 4) is 5.75 Å². The predicted octanol–water partition coefficient (Wildman–Crippen LogP) is 4.13. The number of ketones is 1. The molecule has 0 heterocycles. The van der Waals surface area contributed by atoms with E-state index in [0.717, 1.165) is 28.9 Å². The van der Waals surface area contributed by atoms with Gasteiger partial charge in [-0.05, 0) is 60.7 Å². The number of methoxy groups -OCH3 is 1. The highest BCUT2D eigenvalue weighted by atomic mass is 19.1. The van der Waals surface area contributed by atoms with Gasteiger partial charge in [-0.3, -0.25) is 4.79 Å². The van der Waals surface area contributed by atoms with E-state index in [1.807, 2.05) is 25.1 Å². The van der Waals surface area contributed by atoms with Crippen LogP contribution in [-0.2, 0) is 0 Å². The van der Waals surface area contributed by atoms with Crippen molar-refractivity contribution >= 4 is 5.78 Å². The van der Waals surface area contributed by atoms with E-state index in [0.29, 0.717) is 0 Å². The van der Waals surface area contributed by atoms with Gasteiger partial charge in [0.15, 0.2) is 5.78 Å². The Balaban J connectivity index is 1.75. The molecular formula is C18H17FO2. The Bertz CT molecular complexity index is 676. The molecule has 0 bridgehead atoms. The van der Waals surface area contributed by atoms with Gasteiger partial charge >= 0.3 is 0 Å². The molecule has 0 N–H and O–H groups in total. The van der Waals surface area contributed by atoms with Crippen LogP contribution in [0.25, 0.3) is 0 Å². The van der Waals surface area contributed by atoms with Gasteiger partial charge in [0.1, 0.15) is 11.6 Å². The van der Waals surface area contributed by atoms with E-state index in [1.165, 1.54) is 12.1 Å². The van der Waals surface area contributed by atoms with Gasteiger partial charge in [-0.25, -0.2) is 4.39 Å². The van der Waals surface area contributed by atoms with Crippen LogP contribution >= 0.6 is 0 Å². The number of benzene rings is 2. The van der Waals surface area contributed by atoms with E-state index in [2.05, 4.69) is 0 Å². The minimum Gasteiger partial charge on any atom is -0.496 e. The monoisotopic (exact) mass is 284 g/mol. The molecule has 1 saturated carbocycles. The lowest BCUT2D eigenvalue weighted by atomic mass is 10.0. The minimum atomic E-state index is -0.243. The Kier molecular flexibility index (Phi) is 3.50. The number of Topliss-reactive ketones (excluding diaryl/α,β-unsaturated/α-hetero) is 1. The summed E-state index contributed by atoms with van der Waals surface area (Å²) >= 11 is 0. The third-order valence-corrected chi connectivity index (χ3v) is 4.10. The van der Waals surface area contributed by atoms with Crippen LogP contribution in [0.15, 0.2) is 42.5 Å². The molecule has 1 aliphatic carbocycles. The average molecular weight is 284 g/mol. The van der Waals surface area contributed by atoms with E-state index in [9.17, 15) is 9.18 Å². The lowest BCUT2D eigenvalue weighted by Crippen LogP contribution is -2.04. The molecule has 2 aromatic carbocycles. The van der Waals surface area contributed by atoms with Gasteiger partial charge in [0.25, 0.3) is 0 Å². The molecule has 0 radical (unpaired) electrons. The molecule has 0 aromatic heterocycles. The van der Waals surface area contributed by atoms with Crippen LogP contribution < -0.4 is 4.74 Å². The fraction of sp³-hybridized carbons (Fsp3) is 0.278. The van der Waals surface area contributed by atoms with E-state index in [1.54, 1.807) is 19.2 Å². The number of hydrogen-bond donors (Lipinski definition) is 0. The number of halogens is 1. The van der Waals surface area contributed by atoms with E-state index >= 15 is 0 Å². The van der Waals surface area contributed by atoms with Crippen molar-refractivity contribution in [2.45, 2.75) is 19.3 Å². The maximum atomic E-state index is 12.9. The van der Waals surface area contributed by atoms with Crippen LogP contribution in [0.3, 0.4) is 0 Å². The van der Waals surface area contributed by atoms with Gasteiger partial charge in [-0.1, -0.05) is 12.1 Å². The Morgan fingerprint density at radius 1 is 1.19 bits per heavy atom. The molecule has 2 unspecified atom stereocenters. The number of rotatable bonds is 4. The van der Waals surface area contributed by atoms with Crippen LogP contribution in [0, 0.1) is 18.7 Å². The summed E-state index contributed by atoms with van der Waals surface area (Å²) in [5, 5.41) is 0. The van der Waals surface area contributed by atoms with Crippen molar-refractivity contribution in [3.63, 3.8) is 0 Å². The van der Waals surface area contributed by atoms with Crippen molar-refractivity contribution < 1.29 is 13.9 Å². The minimum absolute atomic E-state index is 0.0169. The van der Waals surface area contributed by atoms with Crippen molar-refractivity contribution in [3.05, 3.63) is 65.0 Å². The highest BCUT2D eigenvalue weighted by Crippen LogP contribution is 2.49. The number of ether oxygens (including phenoxy) is 1. The van der Waals surface area contributed by atoms with Crippen molar-refractivity contribution in [2.24, 2.45) is 5.92 Å². The largest absolute Gasteiger partial charge is 0.496 e. The first-order chi connectivity index (χ1) is 10.1. The van der Waals surface area contributed by atoms with Gasteiger partial charge < -0.3 is 4.74 Å². The van der Waals surface area contributed by atoms with E-state index in [4.69, 9.17) is 4.74 Å². The topological polar surface area (TPSA) is 26.3 Å². The van der Waals surface area contributed by atoms with Gasteiger partial charge in [-0.2, -0.15) is 0 Å². The van der Waals surface area contributed by atoms with Crippen LogP contribution in [0.4, 0.5) is 4.39 Å². The summed E-state index contributed by atoms with van der Waals surface area (Å²) in [5.74, 6) is 0.948. The zero-order chi connectivity index (χ0) is 15.0. The first-order valence-electron chi connectivity index (χ1n) is 7.04. The highest BCUT2D eigenvalue weighted by molar-refractivity contribution is 6.00. The Labute approximate surface area is 123 Å². The average Bonchev–Trinajstić information content (AvgIpc) is 3.27. The molecule has 0 amide bonds. The molecule has 21 heavy (non-hydrogen) atoms. The highest BCUT2D eigenvalue weighted by Gasteiger charge is 2.44. The Hall–Kier alpha value is -2.16. The second kappa shape index (κ2) is 5.32. The SMILES string of the molecule is COc1ccc(C(=O)C2CC2c2ccc(F)cc2)cc1C. The molecular weight excluding hydrogens is 267 g/mol. The summed E-state index contributed by atoms with van der Waals surface area (Å²) in [7, 11) is 1.62. The third kappa shape index (κ3) is 2.68. The van der Waals surface area contributed by atoms with Crippen LogP contribution in [0.5, 0.6) is 5.75 Å². The fourth-order valence-electron chi connectivity index (χ4n) is 2.81. The zero-order valence-electron chi connectivity index (χ0n) is 12.1. The van der Waals surface area contributed by atoms with Crippen molar-refractivity contribution in [1.29, 1.82) is 0 Å². The normalized spacial score (nSPS) is 20.1. The fourth-order valence-corrected chi connectivity index (χ4v) is 2.81. The summed E-state index contributed by atoms with van der Waals surface area (Å²) in [6, 6.07) is 12.0. The second-order valence-electron chi connectivity index (χ2n) is 5.55. The molecule has 1 aliphatic rings. The molecule has 1 fully saturated rings. The number of carbonyl (C=O) groups is 1. The lowest BCUT2D eigenvalue weighted by molar-refractivity contribution is 0.0965. The first kappa shape index (κ1) is 13.8. The molecule has 3 heteroatoms. The molecule has 0 aliphatic heterocycles. The Morgan fingerprint density at radius 2 is 1.90 bits per heavy atom. The van der Waals surface area contributed by atoms with E-state index in [-0.39, 0.29) is 23.4 Å². The molecule has 2 nitrogen and oxygen atoms in total. The summed E-state index contributed by atoms with van der Waals surface area (Å²) in [5.41, 5.74) is 2.73. The molecule has 2 aromatic rings. The summed E-state index contributed by atoms with van der Waals surface area (Å²) < 4.78 is 18.1. The number of hydrogen-bond acceptors (Lipinski definition) is 2. The zero-order valence-corrected chi connectivity index (χ0v) is 12.1. The van der Waals surface area contributed by atoms with Crippen molar-refractivity contribution in [2.75, 3.05) is 7.11 Å². The standard InChI is InChI=1S/C18H17FO2/c1-11-9-13(5-8-17(11)21-2)18(20)16-10-15(16)12-3-6-14(19)7-4-12/h3-9,15-16H,10H2,1-2H3. The van der Waals surface area contributed by atoms with Gasteiger partial charge in [-0.15, -0.1) is 0 Å². The molecule has 3 rings (SSSR count). The quantitative estimate of drug-likeness (QED) is 0.789. The van der Waals surface area contributed by atoms with Crippen LogP contribution in [-0.4, -0.2) is 12.9 Å². The number of aryl methyl sites for hydroxylation is 1. The van der Waals surface area contributed by atoms with Gasteiger partial charge in [0.2, 0.25) is 0 Å². The maximum Gasteiger partial charge on any atom is 0.166 e. The second-order valence-corrected chi connectivity index (χ2v) is 5.55. The lowest BCUT2D eigenvalue weighted by Gasteiger charge is -2.07. The predicted molar refractivity (Wildman–Crippen MR) is 79.3 cm³/mol. The summed E-state index contributed by atoms with van der Waals surface area (Å²) in [6.45, 7) is 1.93. The maximum absolute atomic E-state index is 12.9. The van der Waals surface area contributed by atoms with Gasteiger partial charge in [0.05, 0.1) is 7.11 Å². The third-order valence-electron chi connectivity index (χ3n) is 4.10. The van der Waals surface area contributed by atoms with Gasteiger partial charge in [0, 0.05) is 11.5 Å². The van der Waals surface area contributed by atoms with E-state index < -0.39 is 0 Å². The molecule has 108 valence electrons. The van der Waals surface area contributed by atoms with Crippen LogP contribution in [0.2, 0.25) is 0 Å². The van der Waals surface area contributed by atoms with Crippen molar-refractivity contribution in [1.82, 2.24) is 0 Å². The Morgan fingerprint density at radius 3 is 2.52 bits per heavy atom. The summed E-state index contributed by atoms with van der Waals surface area (Å²) in [6.07, 6.45) is 0.843. The summed E-state index contributed by atoms with van der Waals surface area (Å²) in [4.78, 5) is 12.5.